The molecule has 0 aliphatic carbocycles. The largest absolute Gasteiger partial charge is 0.309 e. The molecule has 33 heavy (non-hydrogen) atoms. The van der Waals surface area contributed by atoms with E-state index in [2.05, 4.69) is 4.98 Å². The number of thiophene rings is 1. The number of hydrogen-bond acceptors (Lipinski definition) is 6. The molecule has 0 aliphatic rings. The summed E-state index contributed by atoms with van der Waals surface area (Å²) in [5.74, 6) is 0.574. The molecule has 0 amide bonds. The molecule has 6 nitrogen and oxygen atoms in total. The first-order valence-electron chi connectivity index (χ1n) is 10.8. The van der Waals surface area contributed by atoms with Gasteiger partial charge in [-0.05, 0) is 31.0 Å². The van der Waals surface area contributed by atoms with E-state index in [4.69, 9.17) is 9.97 Å². The van der Waals surface area contributed by atoms with E-state index in [1.54, 1.807) is 4.57 Å². The van der Waals surface area contributed by atoms with Gasteiger partial charge in [0.1, 0.15) is 10.7 Å². The summed E-state index contributed by atoms with van der Waals surface area (Å²) in [5.41, 5.74) is 2.37. The third-order valence-corrected chi connectivity index (χ3v) is 7.46. The van der Waals surface area contributed by atoms with Crippen molar-refractivity contribution in [3.63, 3.8) is 0 Å². The molecule has 5 aromatic rings. The van der Waals surface area contributed by atoms with Crippen LogP contribution in [0.3, 0.4) is 0 Å². The van der Waals surface area contributed by atoms with Gasteiger partial charge in [0, 0.05) is 17.5 Å². The van der Waals surface area contributed by atoms with E-state index < -0.39 is 0 Å². The van der Waals surface area contributed by atoms with Crippen molar-refractivity contribution in [2.24, 2.45) is 0 Å². The van der Waals surface area contributed by atoms with Crippen LogP contribution in [0.1, 0.15) is 31.3 Å². The Hall–Kier alpha value is -3.23. The predicted octanol–water partition coefficient (Wildman–Crippen LogP) is 5.62. The van der Waals surface area contributed by atoms with Gasteiger partial charge in [-0.1, -0.05) is 61.2 Å². The van der Waals surface area contributed by atoms with Gasteiger partial charge in [0.2, 0.25) is 0 Å². The van der Waals surface area contributed by atoms with Gasteiger partial charge < -0.3 is 4.98 Å². The van der Waals surface area contributed by atoms with Gasteiger partial charge in [0.15, 0.2) is 5.16 Å². The fourth-order valence-electron chi connectivity index (χ4n) is 3.86. The summed E-state index contributed by atoms with van der Waals surface area (Å²) in [6.45, 7) is 4.59. The number of nitrogens with one attached hydrogen (secondary N) is 1. The Balaban J connectivity index is 1.54. The van der Waals surface area contributed by atoms with E-state index in [1.807, 2.05) is 73.8 Å². The standard InChI is InChI=1S/C25H22N4O2S2/c1-3-13-29-24(31)17-11-7-8-12-19(17)26-25(29)33-15(2)21-27-22(30)20-18(14-32-23(20)28-21)16-9-5-4-6-10-16/h4-12,14-15H,3,13H2,1-2H3,(H,27,28,30). The van der Waals surface area contributed by atoms with Gasteiger partial charge in [-0.3, -0.25) is 14.2 Å². The van der Waals surface area contributed by atoms with Crippen LogP contribution in [-0.2, 0) is 6.54 Å². The quantitative estimate of drug-likeness (QED) is 0.255. The van der Waals surface area contributed by atoms with Gasteiger partial charge in [-0.15, -0.1) is 11.3 Å². The highest BCUT2D eigenvalue weighted by molar-refractivity contribution is 7.99. The minimum Gasteiger partial charge on any atom is -0.309 e. The van der Waals surface area contributed by atoms with Crippen LogP contribution in [0.25, 0.3) is 32.2 Å². The molecule has 1 N–H and O–H groups in total. The molecule has 0 saturated heterocycles. The first kappa shape index (κ1) is 21.6. The normalized spacial score (nSPS) is 12.4. The molecule has 0 saturated carbocycles. The topological polar surface area (TPSA) is 80.6 Å². The van der Waals surface area contributed by atoms with E-state index in [1.165, 1.54) is 23.1 Å². The maximum atomic E-state index is 13.1. The van der Waals surface area contributed by atoms with Crippen LogP contribution in [0.4, 0.5) is 0 Å². The Bertz CT molecular complexity index is 1570. The molecule has 0 radical (unpaired) electrons. The molecule has 1 unspecified atom stereocenters. The van der Waals surface area contributed by atoms with Crippen molar-refractivity contribution >= 4 is 44.2 Å². The van der Waals surface area contributed by atoms with Crippen LogP contribution in [0.2, 0.25) is 0 Å². The van der Waals surface area contributed by atoms with Crippen molar-refractivity contribution in [1.29, 1.82) is 0 Å². The summed E-state index contributed by atoms with van der Waals surface area (Å²) in [5, 5.41) is 3.64. The van der Waals surface area contributed by atoms with Crippen molar-refractivity contribution in [3.05, 3.63) is 86.5 Å². The second-order valence-electron chi connectivity index (χ2n) is 7.78. The zero-order valence-corrected chi connectivity index (χ0v) is 19.9. The zero-order valence-electron chi connectivity index (χ0n) is 18.2. The monoisotopic (exact) mass is 474 g/mol. The van der Waals surface area contributed by atoms with E-state index in [0.29, 0.717) is 38.6 Å². The third kappa shape index (κ3) is 4.00. The second kappa shape index (κ2) is 8.96. The highest BCUT2D eigenvalue weighted by atomic mass is 32.2. The van der Waals surface area contributed by atoms with E-state index in [0.717, 1.165) is 17.5 Å². The number of fused-ring (bicyclic) bond motifs is 2. The zero-order chi connectivity index (χ0) is 22.9. The number of aromatic amines is 1. The molecule has 0 spiro atoms. The van der Waals surface area contributed by atoms with Gasteiger partial charge in [0.25, 0.3) is 11.1 Å². The highest BCUT2D eigenvalue weighted by Gasteiger charge is 2.19. The summed E-state index contributed by atoms with van der Waals surface area (Å²) in [6, 6.07) is 17.2. The van der Waals surface area contributed by atoms with Crippen molar-refractivity contribution in [3.8, 4) is 11.1 Å². The number of aromatic nitrogens is 4. The lowest BCUT2D eigenvalue weighted by molar-refractivity contribution is 0.583. The highest BCUT2D eigenvalue weighted by Crippen LogP contribution is 2.35. The van der Waals surface area contributed by atoms with Crippen molar-refractivity contribution < 1.29 is 0 Å². The van der Waals surface area contributed by atoms with Gasteiger partial charge in [-0.2, -0.15) is 0 Å². The molecular formula is C25H22N4O2S2. The van der Waals surface area contributed by atoms with Crippen LogP contribution in [0, 0.1) is 0 Å². The molecule has 0 aliphatic heterocycles. The van der Waals surface area contributed by atoms with Crippen molar-refractivity contribution in [2.45, 2.75) is 37.2 Å². The van der Waals surface area contributed by atoms with E-state index in [-0.39, 0.29) is 16.4 Å². The van der Waals surface area contributed by atoms with Gasteiger partial charge in [-0.25, -0.2) is 9.97 Å². The van der Waals surface area contributed by atoms with E-state index >= 15 is 0 Å². The smallest absolute Gasteiger partial charge is 0.262 e. The average Bonchev–Trinajstić information content (AvgIpc) is 3.27. The average molecular weight is 475 g/mol. The molecule has 0 fully saturated rings. The number of thioether (sulfide) groups is 1. The Morgan fingerprint density at radius 3 is 2.61 bits per heavy atom. The minimum atomic E-state index is -0.194. The third-order valence-electron chi connectivity index (χ3n) is 5.49. The molecule has 5 rings (SSSR count). The lowest BCUT2D eigenvalue weighted by atomic mass is 10.1. The summed E-state index contributed by atoms with van der Waals surface area (Å²) < 4.78 is 1.72. The van der Waals surface area contributed by atoms with Crippen molar-refractivity contribution in [1.82, 2.24) is 19.5 Å². The predicted molar refractivity (Wildman–Crippen MR) is 136 cm³/mol. The summed E-state index contributed by atoms with van der Waals surface area (Å²) in [6.07, 6.45) is 0.820. The number of nitrogens with zero attached hydrogens (tertiary/aromatic N) is 3. The van der Waals surface area contributed by atoms with Gasteiger partial charge in [0.05, 0.1) is 21.5 Å². The molecule has 2 aromatic carbocycles. The molecule has 1 atom stereocenters. The fraction of sp³-hybridized carbons (Fsp3) is 0.200. The van der Waals surface area contributed by atoms with E-state index in [9.17, 15) is 9.59 Å². The van der Waals surface area contributed by atoms with Crippen LogP contribution in [0.5, 0.6) is 0 Å². The molecule has 3 heterocycles. The van der Waals surface area contributed by atoms with Gasteiger partial charge >= 0.3 is 0 Å². The Morgan fingerprint density at radius 1 is 1.06 bits per heavy atom. The summed E-state index contributed by atoms with van der Waals surface area (Å²) in [7, 11) is 0. The number of H-pyrrole nitrogens is 1. The maximum Gasteiger partial charge on any atom is 0.262 e. The summed E-state index contributed by atoms with van der Waals surface area (Å²) >= 11 is 2.90. The Morgan fingerprint density at radius 2 is 1.82 bits per heavy atom. The first-order valence-corrected chi connectivity index (χ1v) is 12.6. The lowest BCUT2D eigenvalue weighted by Crippen LogP contribution is -2.23. The number of hydrogen-bond donors (Lipinski definition) is 1. The number of benzene rings is 2. The number of para-hydroxylation sites is 1. The van der Waals surface area contributed by atoms with Crippen LogP contribution in [-0.4, -0.2) is 19.5 Å². The Labute approximate surface area is 198 Å². The minimum absolute atomic E-state index is 0.0418. The molecule has 166 valence electrons. The SMILES string of the molecule is CCCn1c(SC(C)c2nc3scc(-c4ccccc4)c3c(=O)[nH]2)nc2ccccc2c1=O. The molecular weight excluding hydrogens is 452 g/mol. The molecule has 0 bridgehead atoms. The van der Waals surface area contributed by atoms with Crippen LogP contribution in [0.15, 0.2) is 74.7 Å². The molecule has 3 aromatic heterocycles. The lowest BCUT2D eigenvalue weighted by Gasteiger charge is -2.15. The second-order valence-corrected chi connectivity index (χ2v) is 9.94. The van der Waals surface area contributed by atoms with Crippen LogP contribution < -0.4 is 11.1 Å². The Kier molecular flexibility index (Phi) is 5.86. The maximum absolute atomic E-state index is 13.1. The molecule has 8 heteroatoms. The first-order chi connectivity index (χ1) is 16.1. The summed E-state index contributed by atoms with van der Waals surface area (Å²) in [4.78, 5) is 39.3. The fourth-order valence-corrected chi connectivity index (χ4v) is 5.81. The van der Waals surface area contributed by atoms with Crippen molar-refractivity contribution in [2.75, 3.05) is 0 Å². The van der Waals surface area contributed by atoms with Crippen LogP contribution >= 0.6 is 23.1 Å². The number of rotatable bonds is 6.